The number of pyridine rings is 1. The molecule has 1 fully saturated rings. The van der Waals surface area contributed by atoms with E-state index < -0.39 is 6.04 Å². The van der Waals surface area contributed by atoms with Crippen LogP contribution in [0.1, 0.15) is 16.9 Å². The van der Waals surface area contributed by atoms with E-state index in [4.69, 9.17) is 9.47 Å². The molecule has 0 radical (unpaired) electrons. The van der Waals surface area contributed by atoms with E-state index in [0.29, 0.717) is 25.3 Å². The van der Waals surface area contributed by atoms with Gasteiger partial charge in [0.1, 0.15) is 23.6 Å². The molecule has 0 saturated carbocycles. The van der Waals surface area contributed by atoms with Crippen LogP contribution in [0.2, 0.25) is 0 Å². The van der Waals surface area contributed by atoms with E-state index in [1.54, 1.807) is 31.6 Å². The zero-order valence-corrected chi connectivity index (χ0v) is 14.9. The van der Waals surface area contributed by atoms with Crippen LogP contribution in [0.4, 0.5) is 0 Å². The fourth-order valence-electron chi connectivity index (χ4n) is 2.92. The van der Waals surface area contributed by atoms with Gasteiger partial charge < -0.3 is 19.7 Å². The van der Waals surface area contributed by atoms with Crippen molar-refractivity contribution in [1.82, 2.24) is 25.2 Å². The molecule has 0 unspecified atom stereocenters. The van der Waals surface area contributed by atoms with E-state index in [0.717, 1.165) is 0 Å². The molecule has 0 aromatic carbocycles. The Morgan fingerprint density at radius 2 is 2.11 bits per heavy atom. The van der Waals surface area contributed by atoms with Gasteiger partial charge in [-0.2, -0.15) is 0 Å². The molecule has 0 spiro atoms. The van der Waals surface area contributed by atoms with Crippen molar-refractivity contribution in [1.29, 1.82) is 0 Å². The maximum Gasteiger partial charge on any atom is 0.274 e. The summed E-state index contributed by atoms with van der Waals surface area (Å²) in [4.78, 5) is 38.9. The minimum absolute atomic E-state index is 0.189. The number of hydrogen-bond acceptors (Lipinski definition) is 7. The van der Waals surface area contributed by atoms with Gasteiger partial charge >= 0.3 is 0 Å². The van der Waals surface area contributed by atoms with Gasteiger partial charge in [-0.3, -0.25) is 19.6 Å². The van der Waals surface area contributed by atoms with Crippen molar-refractivity contribution >= 4 is 11.8 Å². The SMILES string of the molecule is COCCNC(=O)[C@@H]1C[C@H](Oc2cccnc2)CN1C(=O)c1cnccn1. The molecule has 2 atom stereocenters. The summed E-state index contributed by atoms with van der Waals surface area (Å²) < 4.78 is 10.9. The van der Waals surface area contributed by atoms with Crippen molar-refractivity contribution in [3.8, 4) is 5.75 Å². The maximum absolute atomic E-state index is 12.8. The van der Waals surface area contributed by atoms with Crippen LogP contribution in [0.5, 0.6) is 5.75 Å². The van der Waals surface area contributed by atoms with E-state index in [2.05, 4.69) is 20.3 Å². The van der Waals surface area contributed by atoms with E-state index in [9.17, 15) is 9.59 Å². The van der Waals surface area contributed by atoms with Gasteiger partial charge in [0.15, 0.2) is 0 Å². The number of hydrogen-bond donors (Lipinski definition) is 1. The fraction of sp³-hybridized carbons (Fsp3) is 0.389. The molecule has 9 nitrogen and oxygen atoms in total. The first kappa shape index (κ1) is 18.7. The number of amides is 2. The summed E-state index contributed by atoms with van der Waals surface area (Å²) in [6.07, 6.45) is 7.62. The molecule has 142 valence electrons. The first-order valence-electron chi connectivity index (χ1n) is 8.59. The molecule has 1 aliphatic heterocycles. The smallest absolute Gasteiger partial charge is 0.274 e. The summed E-state index contributed by atoms with van der Waals surface area (Å²) in [5.41, 5.74) is 0.189. The largest absolute Gasteiger partial charge is 0.487 e. The molecule has 1 N–H and O–H groups in total. The standard InChI is InChI=1S/C18H21N5O4/c1-26-8-7-22-17(24)16-9-14(27-13-3-2-4-19-10-13)12-23(16)18(25)15-11-20-5-6-21-15/h2-6,10-11,14,16H,7-9,12H2,1H3,(H,22,24)/t14-,16-/m0/s1. The monoisotopic (exact) mass is 371 g/mol. The molecule has 1 saturated heterocycles. The fourth-order valence-corrected chi connectivity index (χ4v) is 2.92. The number of methoxy groups -OCH3 is 1. The lowest BCUT2D eigenvalue weighted by atomic mass is 10.1. The molecule has 3 rings (SSSR count). The Morgan fingerprint density at radius 1 is 1.26 bits per heavy atom. The van der Waals surface area contributed by atoms with Crippen molar-refractivity contribution in [3.05, 3.63) is 48.8 Å². The number of aromatic nitrogens is 3. The van der Waals surface area contributed by atoms with Crippen LogP contribution in [0.25, 0.3) is 0 Å². The Bertz CT molecular complexity index is 759. The number of carbonyl (C=O) groups excluding carboxylic acids is 2. The third-order valence-electron chi connectivity index (χ3n) is 4.15. The molecular weight excluding hydrogens is 350 g/mol. The lowest BCUT2D eigenvalue weighted by molar-refractivity contribution is -0.125. The Balaban J connectivity index is 1.74. The number of nitrogens with zero attached hydrogens (tertiary/aromatic N) is 4. The minimum Gasteiger partial charge on any atom is -0.487 e. The van der Waals surface area contributed by atoms with E-state index in [1.165, 1.54) is 23.5 Å². The lowest BCUT2D eigenvalue weighted by Crippen LogP contribution is -2.46. The van der Waals surface area contributed by atoms with Crippen molar-refractivity contribution in [2.24, 2.45) is 0 Å². The zero-order valence-electron chi connectivity index (χ0n) is 14.9. The van der Waals surface area contributed by atoms with Crippen molar-refractivity contribution in [2.75, 3.05) is 26.8 Å². The molecule has 0 aliphatic carbocycles. The summed E-state index contributed by atoms with van der Waals surface area (Å²) in [5, 5.41) is 2.78. The quantitative estimate of drug-likeness (QED) is 0.698. The van der Waals surface area contributed by atoms with Gasteiger partial charge in [0.25, 0.3) is 5.91 Å². The van der Waals surface area contributed by atoms with Crippen LogP contribution in [0.15, 0.2) is 43.1 Å². The molecule has 27 heavy (non-hydrogen) atoms. The number of rotatable bonds is 7. The van der Waals surface area contributed by atoms with Crippen LogP contribution in [-0.4, -0.2) is 70.6 Å². The summed E-state index contributed by atoms with van der Waals surface area (Å²) in [5.74, 6) is -0.0105. The Hall–Kier alpha value is -3.07. The molecule has 0 bridgehead atoms. The molecule has 1 aliphatic rings. The van der Waals surface area contributed by atoms with E-state index in [1.807, 2.05) is 0 Å². The van der Waals surface area contributed by atoms with Crippen LogP contribution in [-0.2, 0) is 9.53 Å². The molecule has 2 aromatic rings. The summed E-state index contributed by atoms with van der Waals surface area (Å²) in [6, 6.07) is 2.90. The van der Waals surface area contributed by atoms with Crippen LogP contribution in [0.3, 0.4) is 0 Å². The highest BCUT2D eigenvalue weighted by molar-refractivity contribution is 5.96. The predicted octanol–water partition coefficient (Wildman–Crippen LogP) is 0.296. The topological polar surface area (TPSA) is 107 Å². The summed E-state index contributed by atoms with van der Waals surface area (Å²) in [7, 11) is 1.56. The van der Waals surface area contributed by atoms with Gasteiger partial charge in [0.05, 0.1) is 25.5 Å². The Morgan fingerprint density at radius 3 is 2.81 bits per heavy atom. The van der Waals surface area contributed by atoms with E-state index in [-0.39, 0.29) is 30.2 Å². The average Bonchev–Trinajstić information content (AvgIpc) is 3.13. The number of likely N-dealkylation sites (tertiary alicyclic amines) is 1. The summed E-state index contributed by atoms with van der Waals surface area (Å²) >= 11 is 0. The zero-order chi connectivity index (χ0) is 19.1. The Kier molecular flexibility index (Phi) is 6.26. The van der Waals surface area contributed by atoms with Gasteiger partial charge in [-0.1, -0.05) is 0 Å². The normalized spacial score (nSPS) is 18.9. The average molecular weight is 371 g/mol. The van der Waals surface area contributed by atoms with Gasteiger partial charge in [-0.15, -0.1) is 0 Å². The highest BCUT2D eigenvalue weighted by Gasteiger charge is 2.41. The Labute approximate surface area is 156 Å². The van der Waals surface area contributed by atoms with Crippen molar-refractivity contribution in [2.45, 2.75) is 18.6 Å². The van der Waals surface area contributed by atoms with Crippen molar-refractivity contribution in [3.63, 3.8) is 0 Å². The van der Waals surface area contributed by atoms with E-state index >= 15 is 0 Å². The lowest BCUT2D eigenvalue weighted by Gasteiger charge is -2.23. The van der Waals surface area contributed by atoms with Crippen molar-refractivity contribution < 1.29 is 19.1 Å². The second-order valence-electron chi connectivity index (χ2n) is 6.01. The highest BCUT2D eigenvalue weighted by Crippen LogP contribution is 2.24. The van der Waals surface area contributed by atoms with Crippen LogP contribution in [0, 0.1) is 0 Å². The number of ether oxygens (including phenoxy) is 2. The van der Waals surface area contributed by atoms with Gasteiger partial charge in [0, 0.05) is 38.7 Å². The van der Waals surface area contributed by atoms with Crippen LogP contribution < -0.4 is 10.1 Å². The second kappa shape index (κ2) is 9.04. The molecule has 9 heteroatoms. The molecule has 2 amide bonds. The third kappa shape index (κ3) is 4.76. The van der Waals surface area contributed by atoms with Gasteiger partial charge in [-0.25, -0.2) is 4.98 Å². The number of carbonyl (C=O) groups is 2. The molecular formula is C18H21N5O4. The maximum atomic E-state index is 12.8. The van der Waals surface area contributed by atoms with Crippen LogP contribution >= 0.6 is 0 Å². The first-order valence-corrected chi connectivity index (χ1v) is 8.59. The number of nitrogens with one attached hydrogen (secondary N) is 1. The molecule has 2 aromatic heterocycles. The predicted molar refractivity (Wildman–Crippen MR) is 95.0 cm³/mol. The third-order valence-corrected chi connectivity index (χ3v) is 4.15. The minimum atomic E-state index is -0.655. The first-order chi connectivity index (χ1) is 13.2. The van der Waals surface area contributed by atoms with Gasteiger partial charge in [-0.05, 0) is 12.1 Å². The highest BCUT2D eigenvalue weighted by atomic mass is 16.5. The molecule has 3 heterocycles. The summed E-state index contributed by atoms with van der Waals surface area (Å²) in [6.45, 7) is 1.03. The second-order valence-corrected chi connectivity index (χ2v) is 6.01. The van der Waals surface area contributed by atoms with Gasteiger partial charge in [0.2, 0.25) is 5.91 Å².